The summed E-state index contributed by atoms with van der Waals surface area (Å²) in [5, 5.41) is 0.962. The van der Waals surface area contributed by atoms with Gasteiger partial charge in [-0.05, 0) is 55.7 Å². The Morgan fingerprint density at radius 3 is 2.37 bits per heavy atom. The molecular weight excluding hydrogens is 356 g/mol. The van der Waals surface area contributed by atoms with Crippen molar-refractivity contribution in [1.29, 1.82) is 0 Å². The third kappa shape index (κ3) is 3.38. The SMILES string of the molecule is Cc1ccc(S(=O)(=O)n2cc(CCc3ccccn3)c3ccccc32)cc1. The first-order valence-corrected chi connectivity index (χ1v) is 10.3. The van der Waals surface area contributed by atoms with Crippen LogP contribution in [0.15, 0.2) is 84.0 Å². The van der Waals surface area contributed by atoms with Crippen LogP contribution in [0.2, 0.25) is 0 Å². The predicted molar refractivity (Wildman–Crippen MR) is 107 cm³/mol. The maximum Gasteiger partial charge on any atom is 0.268 e. The van der Waals surface area contributed by atoms with Gasteiger partial charge in [0.25, 0.3) is 10.0 Å². The highest BCUT2D eigenvalue weighted by Crippen LogP contribution is 2.27. The summed E-state index contributed by atoms with van der Waals surface area (Å²) >= 11 is 0. The molecule has 0 saturated carbocycles. The van der Waals surface area contributed by atoms with Gasteiger partial charge < -0.3 is 0 Å². The maximum atomic E-state index is 13.2. The van der Waals surface area contributed by atoms with Gasteiger partial charge in [-0.15, -0.1) is 0 Å². The highest BCUT2D eigenvalue weighted by atomic mass is 32.2. The van der Waals surface area contributed by atoms with E-state index < -0.39 is 10.0 Å². The van der Waals surface area contributed by atoms with E-state index in [4.69, 9.17) is 0 Å². The summed E-state index contributed by atoms with van der Waals surface area (Å²) in [7, 11) is -3.64. The number of aromatic nitrogens is 2. The van der Waals surface area contributed by atoms with Crippen molar-refractivity contribution in [3.05, 3.63) is 95.9 Å². The zero-order valence-corrected chi connectivity index (χ0v) is 15.9. The van der Waals surface area contributed by atoms with E-state index in [9.17, 15) is 8.42 Å². The monoisotopic (exact) mass is 376 g/mol. The lowest BCUT2D eigenvalue weighted by Gasteiger charge is -2.07. The van der Waals surface area contributed by atoms with E-state index in [2.05, 4.69) is 4.98 Å². The Balaban J connectivity index is 1.76. The Morgan fingerprint density at radius 1 is 0.889 bits per heavy atom. The molecule has 4 rings (SSSR count). The summed E-state index contributed by atoms with van der Waals surface area (Å²) in [5.41, 5.74) is 3.74. The Hall–Kier alpha value is -2.92. The average Bonchev–Trinajstić information content (AvgIpc) is 3.07. The lowest BCUT2D eigenvalue weighted by Crippen LogP contribution is -2.11. The Bertz CT molecular complexity index is 1180. The number of fused-ring (bicyclic) bond motifs is 1. The van der Waals surface area contributed by atoms with E-state index in [1.54, 1.807) is 24.5 Å². The second-order valence-electron chi connectivity index (χ2n) is 6.61. The van der Waals surface area contributed by atoms with Crippen molar-refractivity contribution < 1.29 is 8.42 Å². The largest absolute Gasteiger partial charge is 0.268 e. The van der Waals surface area contributed by atoms with Crippen LogP contribution >= 0.6 is 0 Å². The zero-order chi connectivity index (χ0) is 18.9. The van der Waals surface area contributed by atoms with Gasteiger partial charge in [-0.25, -0.2) is 12.4 Å². The van der Waals surface area contributed by atoms with Crippen LogP contribution in [0, 0.1) is 6.92 Å². The summed E-state index contributed by atoms with van der Waals surface area (Å²) in [6.45, 7) is 1.94. The molecule has 0 atom stereocenters. The normalized spacial score (nSPS) is 11.7. The van der Waals surface area contributed by atoms with Crippen LogP contribution in [0.1, 0.15) is 16.8 Å². The highest BCUT2D eigenvalue weighted by molar-refractivity contribution is 7.90. The molecule has 0 fully saturated rings. The Morgan fingerprint density at radius 2 is 1.63 bits per heavy atom. The molecule has 0 saturated heterocycles. The molecule has 4 nitrogen and oxygen atoms in total. The lowest BCUT2D eigenvalue weighted by atomic mass is 10.1. The number of rotatable bonds is 5. The number of pyridine rings is 1. The van der Waals surface area contributed by atoms with Crippen LogP contribution in [0.25, 0.3) is 10.9 Å². The minimum Gasteiger partial charge on any atom is -0.261 e. The summed E-state index contributed by atoms with van der Waals surface area (Å²) in [6.07, 6.45) is 5.02. The lowest BCUT2D eigenvalue weighted by molar-refractivity contribution is 0.589. The summed E-state index contributed by atoms with van der Waals surface area (Å²) < 4.78 is 27.8. The third-order valence-corrected chi connectivity index (χ3v) is 6.40. The number of hydrogen-bond donors (Lipinski definition) is 0. The molecule has 0 spiro atoms. The molecule has 0 unspecified atom stereocenters. The summed E-state index contributed by atoms with van der Waals surface area (Å²) in [4.78, 5) is 4.66. The first-order chi connectivity index (χ1) is 13.1. The maximum absolute atomic E-state index is 13.2. The van der Waals surface area contributed by atoms with Crippen molar-refractivity contribution in [3.8, 4) is 0 Å². The third-order valence-electron chi connectivity index (χ3n) is 4.71. The van der Waals surface area contributed by atoms with Crippen molar-refractivity contribution in [2.45, 2.75) is 24.7 Å². The molecule has 27 heavy (non-hydrogen) atoms. The standard InChI is InChI=1S/C22H20N2O2S/c1-17-9-13-20(14-10-17)27(25,26)24-16-18(21-7-2-3-8-22(21)24)11-12-19-6-4-5-15-23-19/h2-10,13-16H,11-12H2,1H3. The first-order valence-electron chi connectivity index (χ1n) is 8.87. The van der Waals surface area contributed by atoms with Crippen LogP contribution in [0.3, 0.4) is 0 Å². The van der Waals surface area contributed by atoms with Gasteiger partial charge in [-0.2, -0.15) is 0 Å². The van der Waals surface area contributed by atoms with Crippen LogP contribution in [-0.4, -0.2) is 17.4 Å². The van der Waals surface area contributed by atoms with E-state index in [0.29, 0.717) is 10.4 Å². The van der Waals surface area contributed by atoms with E-state index in [1.807, 2.05) is 61.5 Å². The van der Waals surface area contributed by atoms with Crippen LogP contribution in [0.5, 0.6) is 0 Å². The van der Waals surface area contributed by atoms with Crippen molar-refractivity contribution in [2.75, 3.05) is 0 Å². The number of para-hydroxylation sites is 1. The molecule has 136 valence electrons. The molecule has 2 aromatic carbocycles. The Kier molecular flexibility index (Phi) is 4.54. The number of hydrogen-bond acceptors (Lipinski definition) is 3. The number of aryl methyl sites for hydroxylation is 3. The fourth-order valence-electron chi connectivity index (χ4n) is 3.25. The second-order valence-corrected chi connectivity index (χ2v) is 8.42. The summed E-state index contributed by atoms with van der Waals surface area (Å²) in [5.74, 6) is 0. The fourth-order valence-corrected chi connectivity index (χ4v) is 4.64. The molecule has 4 aromatic rings. The zero-order valence-electron chi connectivity index (χ0n) is 15.0. The molecular formula is C22H20N2O2S. The van der Waals surface area contributed by atoms with Gasteiger partial charge in [0.2, 0.25) is 0 Å². The minimum atomic E-state index is -3.64. The van der Waals surface area contributed by atoms with Crippen LogP contribution < -0.4 is 0 Å². The van der Waals surface area contributed by atoms with Gasteiger partial charge >= 0.3 is 0 Å². The minimum absolute atomic E-state index is 0.296. The van der Waals surface area contributed by atoms with E-state index in [-0.39, 0.29) is 0 Å². The molecule has 2 heterocycles. The fraction of sp³-hybridized carbons (Fsp3) is 0.136. The van der Waals surface area contributed by atoms with Crippen molar-refractivity contribution in [2.24, 2.45) is 0 Å². The van der Waals surface area contributed by atoms with Crippen LogP contribution in [-0.2, 0) is 22.9 Å². The molecule has 2 aromatic heterocycles. The number of benzene rings is 2. The smallest absolute Gasteiger partial charge is 0.261 e. The van der Waals surface area contributed by atoms with Crippen molar-refractivity contribution in [1.82, 2.24) is 8.96 Å². The topological polar surface area (TPSA) is 52.0 Å². The van der Waals surface area contributed by atoms with Gasteiger partial charge in [0.05, 0.1) is 10.4 Å². The molecule has 0 bridgehead atoms. The second kappa shape index (κ2) is 7.00. The van der Waals surface area contributed by atoms with Gasteiger partial charge in [0.15, 0.2) is 0 Å². The molecule has 0 aliphatic heterocycles. The van der Waals surface area contributed by atoms with E-state index in [0.717, 1.165) is 35.0 Å². The van der Waals surface area contributed by atoms with Gasteiger partial charge in [-0.3, -0.25) is 4.98 Å². The first kappa shape index (κ1) is 17.5. The predicted octanol–water partition coefficient (Wildman–Crippen LogP) is 4.37. The quantitative estimate of drug-likeness (QED) is 0.520. The van der Waals surface area contributed by atoms with Crippen molar-refractivity contribution in [3.63, 3.8) is 0 Å². The van der Waals surface area contributed by atoms with Gasteiger partial charge in [0, 0.05) is 23.5 Å². The van der Waals surface area contributed by atoms with Crippen LogP contribution in [0.4, 0.5) is 0 Å². The van der Waals surface area contributed by atoms with Crippen molar-refractivity contribution >= 4 is 20.9 Å². The summed E-state index contributed by atoms with van der Waals surface area (Å²) in [6, 6.07) is 20.4. The molecule has 0 aliphatic rings. The Labute approximate surface area is 159 Å². The molecule has 0 radical (unpaired) electrons. The highest BCUT2D eigenvalue weighted by Gasteiger charge is 2.21. The van der Waals surface area contributed by atoms with E-state index in [1.165, 1.54) is 3.97 Å². The average molecular weight is 376 g/mol. The van der Waals surface area contributed by atoms with Gasteiger partial charge in [-0.1, -0.05) is 42.0 Å². The molecule has 0 amide bonds. The van der Waals surface area contributed by atoms with Gasteiger partial charge in [0.1, 0.15) is 0 Å². The molecule has 0 N–H and O–H groups in total. The molecule has 5 heteroatoms. The number of nitrogens with zero attached hydrogens (tertiary/aromatic N) is 2. The molecule has 0 aliphatic carbocycles. The van der Waals surface area contributed by atoms with E-state index >= 15 is 0 Å².